The van der Waals surface area contributed by atoms with E-state index in [4.69, 9.17) is 4.74 Å². The Balaban J connectivity index is 1.47. The van der Waals surface area contributed by atoms with E-state index in [-0.39, 0.29) is 17.6 Å². The van der Waals surface area contributed by atoms with E-state index < -0.39 is 0 Å². The van der Waals surface area contributed by atoms with Crippen LogP contribution in [0.3, 0.4) is 0 Å². The fourth-order valence-electron chi connectivity index (χ4n) is 4.65. The Labute approximate surface area is 177 Å². The van der Waals surface area contributed by atoms with Gasteiger partial charge in [-0.3, -0.25) is 9.69 Å². The fourth-order valence-corrected chi connectivity index (χ4v) is 5.46. The molecule has 1 aliphatic heterocycles. The Morgan fingerprint density at radius 2 is 2.17 bits per heavy atom. The molecule has 1 aromatic carbocycles. The first-order chi connectivity index (χ1) is 14.1. The van der Waals surface area contributed by atoms with Gasteiger partial charge < -0.3 is 10.1 Å². The topological polar surface area (TPSA) is 54.5 Å². The second-order valence-electron chi connectivity index (χ2n) is 8.72. The monoisotopic (exact) mass is 413 g/mol. The average Bonchev–Trinajstić information content (AvgIpc) is 3.21. The maximum atomic E-state index is 13.0. The minimum atomic E-state index is -0.265. The number of carbonyl (C=O) groups excluding carboxylic acids is 1. The molecule has 1 N–H and O–H groups in total. The van der Waals surface area contributed by atoms with Crippen molar-refractivity contribution in [1.82, 2.24) is 15.2 Å². The number of amides is 1. The summed E-state index contributed by atoms with van der Waals surface area (Å²) in [6.45, 7) is 8.23. The SMILES string of the molecule is CC(C)CN1CCO[C@]2(CCCC[C@@H]2NC(=O)c2csc(-c3ccccc3)n2)C1. The molecule has 2 heterocycles. The lowest BCUT2D eigenvalue weighted by atomic mass is 9.78. The van der Waals surface area contributed by atoms with E-state index in [9.17, 15) is 4.79 Å². The predicted molar refractivity (Wildman–Crippen MR) is 117 cm³/mol. The summed E-state index contributed by atoms with van der Waals surface area (Å²) in [6, 6.07) is 10.1. The van der Waals surface area contributed by atoms with Crippen LogP contribution in [-0.2, 0) is 4.74 Å². The van der Waals surface area contributed by atoms with Crippen molar-refractivity contribution in [2.24, 2.45) is 5.92 Å². The fraction of sp³-hybridized carbons (Fsp3) is 0.565. The van der Waals surface area contributed by atoms with E-state index in [1.54, 1.807) is 0 Å². The third-order valence-electron chi connectivity index (χ3n) is 5.95. The summed E-state index contributed by atoms with van der Waals surface area (Å²) in [6.07, 6.45) is 4.28. The molecular formula is C23H31N3O2S. The average molecular weight is 414 g/mol. The number of nitrogens with one attached hydrogen (secondary N) is 1. The molecule has 6 heteroatoms. The number of carbonyl (C=O) groups is 1. The first-order valence-corrected chi connectivity index (χ1v) is 11.6. The second-order valence-corrected chi connectivity index (χ2v) is 9.58. The van der Waals surface area contributed by atoms with E-state index in [0.717, 1.165) is 62.5 Å². The summed E-state index contributed by atoms with van der Waals surface area (Å²) >= 11 is 1.52. The van der Waals surface area contributed by atoms with Gasteiger partial charge in [0.2, 0.25) is 0 Å². The summed E-state index contributed by atoms with van der Waals surface area (Å²) in [7, 11) is 0. The molecule has 4 rings (SSSR count). The van der Waals surface area contributed by atoms with Gasteiger partial charge >= 0.3 is 0 Å². The van der Waals surface area contributed by atoms with E-state index >= 15 is 0 Å². The number of thiazole rings is 1. The summed E-state index contributed by atoms with van der Waals surface area (Å²) in [5.74, 6) is 0.549. The van der Waals surface area contributed by atoms with Gasteiger partial charge in [0.15, 0.2) is 0 Å². The molecule has 2 atom stereocenters. The van der Waals surface area contributed by atoms with Crippen LogP contribution in [0.1, 0.15) is 50.0 Å². The molecule has 5 nitrogen and oxygen atoms in total. The quantitative estimate of drug-likeness (QED) is 0.798. The van der Waals surface area contributed by atoms with E-state index in [0.29, 0.717) is 11.6 Å². The summed E-state index contributed by atoms with van der Waals surface area (Å²) in [4.78, 5) is 20.1. The maximum absolute atomic E-state index is 13.0. The first-order valence-electron chi connectivity index (χ1n) is 10.7. The zero-order valence-corrected chi connectivity index (χ0v) is 18.2. The van der Waals surface area contributed by atoms with Gasteiger partial charge in [-0.1, -0.05) is 57.0 Å². The van der Waals surface area contributed by atoms with Crippen LogP contribution < -0.4 is 5.32 Å². The molecule has 29 heavy (non-hydrogen) atoms. The van der Waals surface area contributed by atoms with Crippen molar-refractivity contribution in [1.29, 1.82) is 0 Å². The molecule has 1 amide bonds. The van der Waals surface area contributed by atoms with Gasteiger partial charge in [-0.15, -0.1) is 11.3 Å². The molecule has 1 aliphatic carbocycles. The molecule has 2 fully saturated rings. The number of ether oxygens (including phenoxy) is 1. The highest BCUT2D eigenvalue weighted by Crippen LogP contribution is 2.35. The summed E-state index contributed by atoms with van der Waals surface area (Å²) < 4.78 is 6.37. The third-order valence-corrected chi connectivity index (χ3v) is 6.84. The molecule has 1 saturated carbocycles. The number of morpholine rings is 1. The van der Waals surface area contributed by atoms with Gasteiger partial charge in [0.05, 0.1) is 12.6 Å². The summed E-state index contributed by atoms with van der Waals surface area (Å²) in [5, 5.41) is 6.03. The highest BCUT2D eigenvalue weighted by atomic mass is 32.1. The molecule has 1 spiro atoms. The van der Waals surface area contributed by atoms with Crippen LogP contribution in [0.25, 0.3) is 10.6 Å². The predicted octanol–water partition coefficient (Wildman–Crippen LogP) is 4.21. The van der Waals surface area contributed by atoms with Crippen molar-refractivity contribution in [3.8, 4) is 10.6 Å². The van der Waals surface area contributed by atoms with Crippen LogP contribution in [0.5, 0.6) is 0 Å². The van der Waals surface area contributed by atoms with Crippen molar-refractivity contribution in [2.75, 3.05) is 26.2 Å². The molecule has 156 valence electrons. The highest BCUT2D eigenvalue weighted by molar-refractivity contribution is 7.13. The van der Waals surface area contributed by atoms with Gasteiger partial charge in [0.25, 0.3) is 5.91 Å². The normalized spacial score (nSPS) is 25.4. The number of hydrogen-bond donors (Lipinski definition) is 1. The van der Waals surface area contributed by atoms with Crippen LogP contribution in [0.4, 0.5) is 0 Å². The molecule has 2 aromatic rings. The molecule has 2 aliphatic rings. The van der Waals surface area contributed by atoms with Crippen molar-refractivity contribution in [2.45, 2.75) is 51.2 Å². The van der Waals surface area contributed by atoms with Gasteiger partial charge in [0, 0.05) is 30.6 Å². The lowest BCUT2D eigenvalue weighted by Crippen LogP contribution is -2.64. The minimum absolute atomic E-state index is 0.0422. The number of aromatic nitrogens is 1. The third kappa shape index (κ3) is 4.71. The first kappa shape index (κ1) is 20.5. The Hall–Kier alpha value is -1.76. The van der Waals surface area contributed by atoms with E-state index in [2.05, 4.69) is 29.0 Å². The molecular weight excluding hydrogens is 382 g/mol. The van der Waals surface area contributed by atoms with Crippen LogP contribution in [-0.4, -0.2) is 53.7 Å². The smallest absolute Gasteiger partial charge is 0.271 e. The Bertz CT molecular complexity index is 819. The minimum Gasteiger partial charge on any atom is -0.370 e. The van der Waals surface area contributed by atoms with Crippen LogP contribution in [0.15, 0.2) is 35.7 Å². The van der Waals surface area contributed by atoms with Crippen LogP contribution >= 0.6 is 11.3 Å². The lowest BCUT2D eigenvalue weighted by Gasteiger charge is -2.50. The van der Waals surface area contributed by atoms with Crippen LogP contribution in [0, 0.1) is 5.92 Å². The lowest BCUT2D eigenvalue weighted by molar-refractivity contribution is -0.142. The maximum Gasteiger partial charge on any atom is 0.271 e. The second kappa shape index (κ2) is 8.94. The molecule has 1 saturated heterocycles. The largest absolute Gasteiger partial charge is 0.370 e. The van der Waals surface area contributed by atoms with Crippen molar-refractivity contribution < 1.29 is 9.53 Å². The molecule has 0 bridgehead atoms. The Morgan fingerprint density at radius 3 is 2.97 bits per heavy atom. The molecule has 1 aromatic heterocycles. The zero-order valence-electron chi connectivity index (χ0n) is 17.4. The van der Waals surface area contributed by atoms with E-state index in [1.165, 1.54) is 11.3 Å². The van der Waals surface area contributed by atoms with Gasteiger partial charge in [-0.05, 0) is 18.8 Å². The number of benzene rings is 1. The number of hydrogen-bond acceptors (Lipinski definition) is 5. The van der Waals surface area contributed by atoms with Crippen molar-refractivity contribution >= 4 is 17.2 Å². The summed E-state index contributed by atoms with van der Waals surface area (Å²) in [5.41, 5.74) is 1.29. The Morgan fingerprint density at radius 1 is 1.34 bits per heavy atom. The molecule has 0 unspecified atom stereocenters. The van der Waals surface area contributed by atoms with Gasteiger partial charge in [0.1, 0.15) is 16.3 Å². The standard InChI is InChI=1S/C23H31N3O2S/c1-17(2)14-26-12-13-28-23(16-26)11-7-6-10-20(23)25-21(27)19-15-29-22(24-19)18-8-4-3-5-9-18/h3-5,8-9,15,17,20H,6-7,10-14,16H2,1-2H3,(H,25,27)/t20-,23+/m0/s1. The van der Waals surface area contributed by atoms with Crippen molar-refractivity contribution in [3.05, 3.63) is 41.4 Å². The highest BCUT2D eigenvalue weighted by Gasteiger charge is 2.46. The van der Waals surface area contributed by atoms with Crippen LogP contribution in [0.2, 0.25) is 0 Å². The number of rotatable bonds is 5. The number of nitrogens with zero attached hydrogens (tertiary/aromatic N) is 2. The molecule has 0 radical (unpaired) electrons. The van der Waals surface area contributed by atoms with Crippen molar-refractivity contribution in [3.63, 3.8) is 0 Å². The van der Waals surface area contributed by atoms with E-state index in [1.807, 2.05) is 35.7 Å². The Kier molecular flexibility index (Phi) is 6.32. The van der Waals surface area contributed by atoms with Gasteiger partial charge in [-0.25, -0.2) is 4.98 Å². The zero-order chi connectivity index (χ0) is 20.3. The van der Waals surface area contributed by atoms with Gasteiger partial charge in [-0.2, -0.15) is 0 Å².